The fourth-order valence-corrected chi connectivity index (χ4v) is 5.21. The van der Waals surface area contributed by atoms with E-state index < -0.39 is 27.5 Å². The summed E-state index contributed by atoms with van der Waals surface area (Å²) in [4.78, 5) is 37.1. The van der Waals surface area contributed by atoms with E-state index in [2.05, 4.69) is 4.72 Å². The van der Waals surface area contributed by atoms with E-state index >= 15 is 0 Å². The second kappa shape index (κ2) is 7.03. The number of nitrogens with one attached hydrogen (secondary N) is 1. The number of carbonyl (C=O) groups excluding carboxylic acids is 1. The molecule has 2 aromatic rings. The summed E-state index contributed by atoms with van der Waals surface area (Å²) in [7, 11) is -3.89. The molecule has 0 unspecified atom stereocenters. The Bertz CT molecular complexity index is 1140. The Hall–Kier alpha value is -3.14. The molecule has 1 saturated heterocycles. The molecule has 9 nitrogen and oxygen atoms in total. The maximum Gasteiger partial charge on any atom is 0.394 e. The number of fused-ring (bicyclic) bond motifs is 4. The van der Waals surface area contributed by atoms with E-state index in [-0.39, 0.29) is 35.5 Å². The van der Waals surface area contributed by atoms with E-state index in [1.807, 2.05) is 0 Å². The van der Waals surface area contributed by atoms with Crippen molar-refractivity contribution in [3.63, 3.8) is 0 Å². The minimum absolute atomic E-state index is 0.0453. The molecule has 2 N–H and O–H groups in total. The number of hydrogen-bond acceptors (Lipinski definition) is 5. The van der Waals surface area contributed by atoms with Crippen molar-refractivity contribution in [1.29, 1.82) is 0 Å². The molecule has 1 fully saturated rings. The Kier molecular flexibility index (Phi) is 4.65. The molecule has 152 valence electrons. The second-order valence-electron chi connectivity index (χ2n) is 7.32. The van der Waals surface area contributed by atoms with Gasteiger partial charge < -0.3 is 14.6 Å². The Morgan fingerprint density at radius 1 is 1.03 bits per heavy atom. The molecular weight excluding hydrogens is 398 g/mol. The van der Waals surface area contributed by atoms with Crippen molar-refractivity contribution in [3.8, 4) is 0 Å². The standard InChI is InChI=1S/C19H19N3O6S/c23-17-15(20-29(27,28)14-4-2-1-3-5-14)6-7-16-13-8-12(10-22(16)17)9-21(11-13)18(24)19(25)26/h1-7,12-13,20H,8-11H2,(H,25,26)/t12-,13+/m0/s1. The third-order valence-electron chi connectivity index (χ3n) is 5.37. The number of likely N-dealkylation sites (tertiary alicyclic amines) is 1. The van der Waals surface area contributed by atoms with Crippen LogP contribution in [0.2, 0.25) is 0 Å². The summed E-state index contributed by atoms with van der Waals surface area (Å²) in [5, 5.41) is 8.96. The lowest BCUT2D eigenvalue weighted by molar-refractivity contribution is -0.157. The Morgan fingerprint density at radius 3 is 2.45 bits per heavy atom. The van der Waals surface area contributed by atoms with Crippen molar-refractivity contribution in [2.45, 2.75) is 23.8 Å². The van der Waals surface area contributed by atoms with Crippen molar-refractivity contribution in [3.05, 3.63) is 58.5 Å². The summed E-state index contributed by atoms with van der Waals surface area (Å²) >= 11 is 0. The highest BCUT2D eigenvalue weighted by Crippen LogP contribution is 2.35. The van der Waals surface area contributed by atoms with Crippen molar-refractivity contribution in [1.82, 2.24) is 9.47 Å². The molecule has 4 rings (SSSR count). The zero-order chi connectivity index (χ0) is 20.8. The number of piperidine rings is 1. The fraction of sp³-hybridized carbons (Fsp3) is 0.316. The minimum Gasteiger partial charge on any atom is -0.474 e. The first-order chi connectivity index (χ1) is 13.8. The summed E-state index contributed by atoms with van der Waals surface area (Å²) in [6, 6.07) is 10.9. The molecule has 0 spiro atoms. The van der Waals surface area contributed by atoms with Gasteiger partial charge >= 0.3 is 11.9 Å². The summed E-state index contributed by atoms with van der Waals surface area (Å²) in [5.74, 6) is -2.67. The smallest absolute Gasteiger partial charge is 0.394 e. The molecule has 1 aromatic heterocycles. The van der Waals surface area contributed by atoms with Crippen LogP contribution in [-0.4, -0.2) is 48.0 Å². The summed E-state index contributed by atoms with van der Waals surface area (Å²) < 4.78 is 29.0. The number of hydrogen-bond donors (Lipinski definition) is 2. The van der Waals surface area contributed by atoms with Crippen LogP contribution in [0, 0.1) is 5.92 Å². The SMILES string of the molecule is O=C(O)C(=O)N1C[C@@H]2C[C@H](C1)c1ccc(NS(=O)(=O)c3ccccc3)c(=O)n1C2. The number of aliphatic carboxylic acids is 1. The first-order valence-corrected chi connectivity index (χ1v) is 10.6. The summed E-state index contributed by atoms with van der Waals surface area (Å²) in [6.07, 6.45) is 0.748. The van der Waals surface area contributed by atoms with E-state index in [4.69, 9.17) is 5.11 Å². The van der Waals surface area contributed by atoms with Gasteiger partial charge in [0.25, 0.3) is 15.6 Å². The first-order valence-electron chi connectivity index (χ1n) is 9.10. The number of sulfonamides is 1. The molecule has 2 atom stereocenters. The molecule has 0 aliphatic carbocycles. The van der Waals surface area contributed by atoms with Crippen LogP contribution >= 0.6 is 0 Å². The van der Waals surface area contributed by atoms with Crippen LogP contribution in [0.1, 0.15) is 18.0 Å². The number of pyridine rings is 1. The maximum atomic E-state index is 12.9. The second-order valence-corrected chi connectivity index (χ2v) is 9.00. The van der Waals surface area contributed by atoms with Crippen LogP contribution in [-0.2, 0) is 26.2 Å². The minimum atomic E-state index is -3.89. The third kappa shape index (κ3) is 3.51. The normalized spacial score (nSPS) is 20.6. The lowest BCUT2D eigenvalue weighted by atomic mass is 9.83. The van der Waals surface area contributed by atoms with Crippen molar-refractivity contribution in [2.75, 3.05) is 17.8 Å². The van der Waals surface area contributed by atoms with Gasteiger partial charge in [0.15, 0.2) is 0 Å². The van der Waals surface area contributed by atoms with Crippen molar-refractivity contribution < 1.29 is 23.1 Å². The monoisotopic (exact) mass is 417 g/mol. The van der Waals surface area contributed by atoms with Gasteiger partial charge in [0.05, 0.1) is 4.90 Å². The molecular formula is C19H19N3O6S. The van der Waals surface area contributed by atoms with Crippen LogP contribution in [0.3, 0.4) is 0 Å². The summed E-state index contributed by atoms with van der Waals surface area (Å²) in [6.45, 7) is 0.776. The topological polar surface area (TPSA) is 126 Å². The Morgan fingerprint density at radius 2 is 1.76 bits per heavy atom. The number of amides is 1. The molecule has 10 heteroatoms. The Balaban J connectivity index is 1.64. The van der Waals surface area contributed by atoms with Crippen LogP contribution in [0.25, 0.3) is 0 Å². The zero-order valence-corrected chi connectivity index (χ0v) is 16.1. The van der Waals surface area contributed by atoms with Crippen LogP contribution in [0.5, 0.6) is 0 Å². The molecule has 1 amide bonds. The van der Waals surface area contributed by atoms with Gasteiger partial charge in [0.2, 0.25) is 0 Å². The Labute approximate surface area is 166 Å². The van der Waals surface area contributed by atoms with Gasteiger partial charge in [-0.05, 0) is 36.6 Å². The average molecular weight is 417 g/mol. The molecule has 1 aromatic carbocycles. The molecule has 0 saturated carbocycles. The van der Waals surface area contributed by atoms with E-state index in [1.165, 1.54) is 27.7 Å². The zero-order valence-electron chi connectivity index (χ0n) is 15.3. The number of rotatable bonds is 3. The highest BCUT2D eigenvalue weighted by atomic mass is 32.2. The highest BCUT2D eigenvalue weighted by molar-refractivity contribution is 7.92. The van der Waals surface area contributed by atoms with E-state index in [9.17, 15) is 22.8 Å². The van der Waals surface area contributed by atoms with Gasteiger partial charge in [0, 0.05) is 31.2 Å². The molecule has 3 heterocycles. The predicted octanol–water partition coefficient (Wildman–Crippen LogP) is 0.679. The van der Waals surface area contributed by atoms with E-state index in [0.29, 0.717) is 12.2 Å². The number of aromatic nitrogens is 1. The lowest BCUT2D eigenvalue weighted by Gasteiger charge is -2.42. The first kappa shape index (κ1) is 19.2. The van der Waals surface area contributed by atoms with Crippen LogP contribution in [0.4, 0.5) is 5.69 Å². The van der Waals surface area contributed by atoms with Crippen LogP contribution < -0.4 is 10.3 Å². The number of carbonyl (C=O) groups is 2. The maximum absolute atomic E-state index is 12.9. The fourth-order valence-electron chi connectivity index (χ4n) is 4.13. The number of nitrogens with zero attached hydrogens (tertiary/aromatic N) is 2. The lowest BCUT2D eigenvalue weighted by Crippen LogP contribution is -2.51. The quantitative estimate of drug-likeness (QED) is 0.708. The van der Waals surface area contributed by atoms with Gasteiger partial charge in [-0.2, -0.15) is 0 Å². The largest absolute Gasteiger partial charge is 0.474 e. The number of carboxylic acids is 1. The van der Waals surface area contributed by atoms with Gasteiger partial charge in [-0.25, -0.2) is 13.2 Å². The van der Waals surface area contributed by atoms with Crippen molar-refractivity contribution in [2.24, 2.45) is 5.92 Å². The number of benzene rings is 1. The van der Waals surface area contributed by atoms with E-state index in [0.717, 1.165) is 6.42 Å². The average Bonchev–Trinajstić information content (AvgIpc) is 2.70. The number of anilines is 1. The molecule has 2 bridgehead atoms. The van der Waals surface area contributed by atoms with Gasteiger partial charge in [-0.15, -0.1) is 0 Å². The molecule has 2 aliphatic rings. The molecule has 2 aliphatic heterocycles. The van der Waals surface area contributed by atoms with Gasteiger partial charge in [-0.3, -0.25) is 14.3 Å². The number of carboxylic acid groups (broad SMARTS) is 1. The van der Waals surface area contributed by atoms with E-state index in [1.54, 1.807) is 24.3 Å². The predicted molar refractivity (Wildman–Crippen MR) is 103 cm³/mol. The third-order valence-corrected chi connectivity index (χ3v) is 6.75. The van der Waals surface area contributed by atoms with Gasteiger partial charge in [0.1, 0.15) is 5.69 Å². The summed E-state index contributed by atoms with van der Waals surface area (Å²) in [5.41, 5.74) is 0.183. The molecule has 29 heavy (non-hydrogen) atoms. The van der Waals surface area contributed by atoms with Crippen LogP contribution in [0.15, 0.2) is 52.2 Å². The van der Waals surface area contributed by atoms with Crippen molar-refractivity contribution >= 4 is 27.6 Å². The van der Waals surface area contributed by atoms with Gasteiger partial charge in [-0.1, -0.05) is 18.2 Å². The molecule has 0 radical (unpaired) electrons. The highest BCUT2D eigenvalue weighted by Gasteiger charge is 2.38.